The molecule has 4 nitrogen and oxygen atoms in total. The average Bonchev–Trinajstić information content (AvgIpc) is 2.34. The van der Waals surface area contributed by atoms with Gasteiger partial charge < -0.3 is 15.0 Å². The first kappa shape index (κ1) is 9.06. The maximum Gasteiger partial charge on any atom is 0.200 e. The summed E-state index contributed by atoms with van der Waals surface area (Å²) >= 11 is 0. The quantitative estimate of drug-likeness (QED) is 0.726. The predicted octanol–water partition coefficient (Wildman–Crippen LogP) is 0.752. The van der Waals surface area contributed by atoms with Gasteiger partial charge in [0.1, 0.15) is 0 Å². The van der Waals surface area contributed by atoms with Gasteiger partial charge in [-0.3, -0.25) is 0 Å². The number of imidazole rings is 1. The number of rotatable bonds is 3. The summed E-state index contributed by atoms with van der Waals surface area (Å²) in [5.41, 5.74) is 6.69. The molecule has 68 valence electrons. The van der Waals surface area contributed by atoms with E-state index in [0.717, 1.165) is 5.69 Å². The second-order valence-electron chi connectivity index (χ2n) is 2.96. The van der Waals surface area contributed by atoms with Gasteiger partial charge in [-0.25, -0.2) is 4.98 Å². The Bertz CT molecular complexity index is 257. The van der Waals surface area contributed by atoms with Crippen molar-refractivity contribution in [2.24, 2.45) is 7.05 Å². The topological polar surface area (TPSA) is 53.1 Å². The SMILES string of the molecule is COCC(C)c1cnc(N)n1C. The molecule has 0 fully saturated rings. The monoisotopic (exact) mass is 169 g/mol. The summed E-state index contributed by atoms with van der Waals surface area (Å²) in [6.07, 6.45) is 1.79. The minimum absolute atomic E-state index is 0.338. The highest BCUT2D eigenvalue weighted by molar-refractivity contribution is 5.23. The van der Waals surface area contributed by atoms with Crippen molar-refractivity contribution in [3.8, 4) is 0 Å². The van der Waals surface area contributed by atoms with Gasteiger partial charge in [0.25, 0.3) is 0 Å². The van der Waals surface area contributed by atoms with Crippen LogP contribution in [-0.2, 0) is 11.8 Å². The van der Waals surface area contributed by atoms with Crippen molar-refractivity contribution in [3.05, 3.63) is 11.9 Å². The third kappa shape index (κ3) is 1.58. The van der Waals surface area contributed by atoms with Gasteiger partial charge >= 0.3 is 0 Å². The van der Waals surface area contributed by atoms with E-state index in [1.165, 1.54) is 0 Å². The molecule has 0 aromatic carbocycles. The zero-order valence-corrected chi connectivity index (χ0v) is 7.74. The molecule has 0 radical (unpaired) electrons. The fraction of sp³-hybridized carbons (Fsp3) is 0.625. The van der Waals surface area contributed by atoms with E-state index < -0.39 is 0 Å². The molecule has 4 heteroatoms. The Labute approximate surface area is 72.3 Å². The Balaban J connectivity index is 2.80. The fourth-order valence-corrected chi connectivity index (χ4v) is 1.23. The van der Waals surface area contributed by atoms with Crippen LogP contribution >= 0.6 is 0 Å². The molecule has 12 heavy (non-hydrogen) atoms. The van der Waals surface area contributed by atoms with Crippen molar-refractivity contribution >= 4 is 5.95 Å². The molecule has 1 unspecified atom stereocenters. The number of nitrogens with two attached hydrogens (primary N) is 1. The van der Waals surface area contributed by atoms with Crippen LogP contribution in [0.4, 0.5) is 5.95 Å². The molecule has 0 saturated carbocycles. The highest BCUT2D eigenvalue weighted by Crippen LogP contribution is 2.16. The van der Waals surface area contributed by atoms with Gasteiger partial charge in [0.15, 0.2) is 5.95 Å². The lowest BCUT2D eigenvalue weighted by molar-refractivity contribution is 0.182. The Morgan fingerprint density at radius 1 is 1.75 bits per heavy atom. The number of methoxy groups -OCH3 is 1. The van der Waals surface area contributed by atoms with Crippen LogP contribution in [0.1, 0.15) is 18.5 Å². The molecule has 2 N–H and O–H groups in total. The first-order valence-electron chi connectivity index (χ1n) is 3.92. The van der Waals surface area contributed by atoms with Crippen molar-refractivity contribution in [1.82, 2.24) is 9.55 Å². The molecular weight excluding hydrogens is 154 g/mol. The van der Waals surface area contributed by atoms with Crippen molar-refractivity contribution in [2.75, 3.05) is 19.5 Å². The molecule has 1 aromatic rings. The Morgan fingerprint density at radius 2 is 2.42 bits per heavy atom. The molecule has 1 atom stereocenters. The number of aromatic nitrogens is 2. The zero-order valence-electron chi connectivity index (χ0n) is 7.74. The third-order valence-corrected chi connectivity index (χ3v) is 1.98. The van der Waals surface area contributed by atoms with Gasteiger partial charge in [0.05, 0.1) is 12.8 Å². The van der Waals surface area contributed by atoms with Gasteiger partial charge in [-0.1, -0.05) is 6.92 Å². The van der Waals surface area contributed by atoms with E-state index >= 15 is 0 Å². The molecule has 0 saturated heterocycles. The molecule has 0 spiro atoms. The summed E-state index contributed by atoms with van der Waals surface area (Å²) in [6.45, 7) is 2.78. The van der Waals surface area contributed by atoms with Crippen molar-refractivity contribution in [2.45, 2.75) is 12.8 Å². The van der Waals surface area contributed by atoms with Gasteiger partial charge in [0, 0.05) is 25.8 Å². The number of hydrogen-bond donors (Lipinski definition) is 1. The number of anilines is 1. The molecule has 1 aromatic heterocycles. The van der Waals surface area contributed by atoms with Crippen molar-refractivity contribution in [1.29, 1.82) is 0 Å². The summed E-state index contributed by atoms with van der Waals surface area (Å²) in [4.78, 5) is 4.00. The van der Waals surface area contributed by atoms with Gasteiger partial charge in [-0.05, 0) is 0 Å². The molecule has 1 rings (SSSR count). The first-order valence-corrected chi connectivity index (χ1v) is 3.92. The Kier molecular flexibility index (Phi) is 2.70. The number of hydrogen-bond acceptors (Lipinski definition) is 3. The first-order chi connectivity index (χ1) is 5.66. The Hall–Kier alpha value is -1.03. The number of ether oxygens (including phenoxy) is 1. The summed E-state index contributed by atoms with van der Waals surface area (Å²) in [5.74, 6) is 0.887. The fourth-order valence-electron chi connectivity index (χ4n) is 1.23. The normalized spacial score (nSPS) is 13.2. The third-order valence-electron chi connectivity index (χ3n) is 1.98. The van der Waals surface area contributed by atoms with Gasteiger partial charge in [0.2, 0.25) is 0 Å². The number of nitrogen functional groups attached to an aromatic ring is 1. The maximum atomic E-state index is 5.59. The molecule has 1 heterocycles. The molecule has 0 bridgehead atoms. The van der Waals surface area contributed by atoms with E-state index in [1.54, 1.807) is 13.3 Å². The zero-order chi connectivity index (χ0) is 9.14. The van der Waals surface area contributed by atoms with Crippen LogP contribution in [0.2, 0.25) is 0 Å². The van der Waals surface area contributed by atoms with Crippen molar-refractivity contribution in [3.63, 3.8) is 0 Å². The minimum Gasteiger partial charge on any atom is -0.384 e. The number of nitrogens with zero attached hydrogens (tertiary/aromatic N) is 2. The largest absolute Gasteiger partial charge is 0.384 e. The van der Waals surface area contributed by atoms with E-state index in [4.69, 9.17) is 10.5 Å². The molecule has 0 aliphatic carbocycles. The van der Waals surface area contributed by atoms with Gasteiger partial charge in [-0.15, -0.1) is 0 Å². The van der Waals surface area contributed by atoms with E-state index in [0.29, 0.717) is 18.5 Å². The van der Waals surface area contributed by atoms with Crippen LogP contribution in [0, 0.1) is 0 Å². The standard InChI is InChI=1S/C8H15N3O/c1-6(5-12-3)7-4-10-8(9)11(7)2/h4,6H,5H2,1-3H3,(H2,9,10). The average molecular weight is 169 g/mol. The maximum absolute atomic E-state index is 5.59. The van der Waals surface area contributed by atoms with Gasteiger partial charge in [-0.2, -0.15) is 0 Å². The van der Waals surface area contributed by atoms with E-state index in [1.807, 2.05) is 11.6 Å². The van der Waals surface area contributed by atoms with Crippen LogP contribution in [-0.4, -0.2) is 23.3 Å². The molecular formula is C8H15N3O. The van der Waals surface area contributed by atoms with Crippen LogP contribution in [0.25, 0.3) is 0 Å². The van der Waals surface area contributed by atoms with Crippen LogP contribution in [0.3, 0.4) is 0 Å². The molecule has 0 aliphatic rings. The summed E-state index contributed by atoms with van der Waals surface area (Å²) in [6, 6.07) is 0. The molecule has 0 amide bonds. The highest BCUT2D eigenvalue weighted by atomic mass is 16.5. The van der Waals surface area contributed by atoms with Crippen molar-refractivity contribution < 1.29 is 4.74 Å². The summed E-state index contributed by atoms with van der Waals surface area (Å²) < 4.78 is 6.92. The van der Waals surface area contributed by atoms with Crippen LogP contribution in [0.15, 0.2) is 6.20 Å². The van der Waals surface area contributed by atoms with Crippen LogP contribution < -0.4 is 5.73 Å². The minimum atomic E-state index is 0.338. The van der Waals surface area contributed by atoms with Crippen LogP contribution in [0.5, 0.6) is 0 Å². The van der Waals surface area contributed by atoms with E-state index in [2.05, 4.69) is 11.9 Å². The smallest absolute Gasteiger partial charge is 0.200 e. The summed E-state index contributed by atoms with van der Waals surface area (Å²) in [7, 11) is 3.60. The summed E-state index contributed by atoms with van der Waals surface area (Å²) in [5, 5.41) is 0. The second-order valence-corrected chi connectivity index (χ2v) is 2.96. The van der Waals surface area contributed by atoms with E-state index in [-0.39, 0.29) is 0 Å². The predicted molar refractivity (Wildman–Crippen MR) is 47.9 cm³/mol. The Morgan fingerprint density at radius 3 is 2.83 bits per heavy atom. The lowest BCUT2D eigenvalue weighted by Crippen LogP contribution is -2.08. The second kappa shape index (κ2) is 3.58. The van der Waals surface area contributed by atoms with E-state index in [9.17, 15) is 0 Å². The molecule has 0 aliphatic heterocycles. The lowest BCUT2D eigenvalue weighted by atomic mass is 10.1. The highest BCUT2D eigenvalue weighted by Gasteiger charge is 2.10. The lowest BCUT2D eigenvalue weighted by Gasteiger charge is -2.10.